The van der Waals surface area contributed by atoms with Gasteiger partial charge in [0.2, 0.25) is 0 Å². The first-order chi connectivity index (χ1) is 8.76. The molecule has 0 aromatic rings. The van der Waals surface area contributed by atoms with E-state index in [9.17, 15) is 10.1 Å². The molecule has 0 aliphatic heterocycles. The van der Waals surface area contributed by atoms with Crippen molar-refractivity contribution in [2.24, 2.45) is 11.0 Å². The molecule has 108 valence electrons. The Kier molecular flexibility index (Phi) is 12.1. The second-order valence-corrected chi connectivity index (χ2v) is 4.11. The van der Waals surface area contributed by atoms with Crippen LogP contribution in [0.15, 0.2) is 5.29 Å². The van der Waals surface area contributed by atoms with Gasteiger partial charge in [0.05, 0.1) is 11.8 Å². The van der Waals surface area contributed by atoms with Crippen LogP contribution in [0, 0.1) is 4.91 Å². The molecule has 0 aliphatic carbocycles. The Bertz CT molecular complexity index is 195. The van der Waals surface area contributed by atoms with E-state index in [1.807, 2.05) is 0 Å². The minimum absolute atomic E-state index is 0.367. The second kappa shape index (κ2) is 12.7. The van der Waals surface area contributed by atoms with Crippen molar-refractivity contribution in [3.8, 4) is 0 Å². The van der Waals surface area contributed by atoms with Crippen molar-refractivity contribution in [1.82, 2.24) is 15.6 Å². The lowest BCUT2D eigenvalue weighted by molar-refractivity contribution is -0.367. The zero-order valence-electron chi connectivity index (χ0n) is 11.1. The van der Waals surface area contributed by atoms with Crippen molar-refractivity contribution in [3.05, 3.63) is 4.91 Å². The van der Waals surface area contributed by atoms with Gasteiger partial charge in [-0.3, -0.25) is 5.21 Å². The van der Waals surface area contributed by atoms with Crippen LogP contribution in [-0.4, -0.2) is 54.8 Å². The minimum Gasteiger partial charge on any atom is -0.358 e. The molecule has 8 heteroatoms. The summed E-state index contributed by atoms with van der Waals surface area (Å²) in [5.74, 6) is 0. The van der Waals surface area contributed by atoms with Crippen LogP contribution in [0.5, 0.6) is 0 Å². The second-order valence-electron chi connectivity index (χ2n) is 4.11. The first-order valence-electron chi connectivity index (χ1n) is 6.53. The number of unbranched alkanes of at least 4 members (excludes halogenated alkanes) is 1. The van der Waals surface area contributed by atoms with Crippen LogP contribution in [0.3, 0.4) is 0 Å². The summed E-state index contributed by atoms with van der Waals surface area (Å²) in [6.45, 7) is 4.53. The maximum Gasteiger partial charge on any atom is 0.0962 e. The summed E-state index contributed by atoms with van der Waals surface area (Å²) in [4.78, 5) is 10.3. The van der Waals surface area contributed by atoms with Gasteiger partial charge >= 0.3 is 0 Å². The number of rotatable bonds is 13. The molecule has 8 nitrogen and oxygen atoms in total. The molecular weight excluding hydrogens is 236 g/mol. The molecule has 0 saturated carbocycles. The average molecular weight is 263 g/mol. The summed E-state index contributed by atoms with van der Waals surface area (Å²) >= 11 is 0. The van der Waals surface area contributed by atoms with Gasteiger partial charge in [-0.05, 0) is 32.4 Å². The third-order valence-electron chi connectivity index (χ3n) is 2.57. The molecule has 0 bridgehead atoms. The SMILES string of the molecule is NCCCN(CCCCNCCC[NH3+])N(O)N=O. The summed E-state index contributed by atoms with van der Waals surface area (Å²) in [6, 6.07) is 0. The smallest absolute Gasteiger partial charge is 0.0962 e. The monoisotopic (exact) mass is 263 g/mol. The molecule has 0 aromatic heterocycles. The fourth-order valence-electron chi connectivity index (χ4n) is 1.54. The van der Waals surface area contributed by atoms with Gasteiger partial charge in [-0.1, -0.05) is 5.28 Å². The molecule has 0 aliphatic rings. The third-order valence-corrected chi connectivity index (χ3v) is 2.57. The molecule has 0 amide bonds. The maximum absolute atomic E-state index is 10.3. The average Bonchev–Trinajstić information content (AvgIpc) is 2.40. The summed E-state index contributed by atoms with van der Waals surface area (Å²) in [5.41, 5.74) is 9.16. The lowest BCUT2D eigenvalue weighted by atomic mass is 10.3. The maximum atomic E-state index is 10.3. The highest BCUT2D eigenvalue weighted by atomic mass is 16.6. The van der Waals surface area contributed by atoms with E-state index < -0.39 is 0 Å². The van der Waals surface area contributed by atoms with Crippen molar-refractivity contribution >= 4 is 0 Å². The number of nitrogens with zero attached hydrogens (tertiary/aromatic N) is 3. The molecule has 18 heavy (non-hydrogen) atoms. The number of quaternary nitrogens is 1. The molecule has 0 unspecified atom stereocenters. The van der Waals surface area contributed by atoms with Crippen LogP contribution in [0.2, 0.25) is 0 Å². The molecule has 7 N–H and O–H groups in total. The van der Waals surface area contributed by atoms with E-state index in [-0.39, 0.29) is 0 Å². The molecule has 0 spiro atoms. The van der Waals surface area contributed by atoms with Crippen LogP contribution in [0.25, 0.3) is 0 Å². The summed E-state index contributed by atoms with van der Waals surface area (Å²) in [7, 11) is 0. The van der Waals surface area contributed by atoms with Crippen molar-refractivity contribution in [2.45, 2.75) is 25.7 Å². The summed E-state index contributed by atoms with van der Waals surface area (Å²) in [6.07, 6.45) is 3.67. The lowest BCUT2D eigenvalue weighted by Gasteiger charge is -2.24. The summed E-state index contributed by atoms with van der Waals surface area (Å²) in [5, 5.41) is 16.9. The van der Waals surface area contributed by atoms with E-state index >= 15 is 0 Å². The number of hydrogen-bond donors (Lipinski definition) is 4. The van der Waals surface area contributed by atoms with Gasteiger partial charge in [0.15, 0.2) is 0 Å². The molecule has 0 rings (SSSR count). The number of hydrazine groups is 1. The third kappa shape index (κ3) is 9.25. The van der Waals surface area contributed by atoms with Gasteiger partial charge in [0.1, 0.15) is 0 Å². The highest BCUT2D eigenvalue weighted by molar-refractivity contribution is 4.54. The van der Waals surface area contributed by atoms with Gasteiger partial charge in [0.25, 0.3) is 0 Å². The van der Waals surface area contributed by atoms with E-state index in [0.717, 1.165) is 38.9 Å². The van der Waals surface area contributed by atoms with Crippen LogP contribution in [-0.2, 0) is 0 Å². The highest BCUT2D eigenvalue weighted by Gasteiger charge is 2.11. The molecule has 0 atom stereocenters. The van der Waals surface area contributed by atoms with Crippen molar-refractivity contribution in [2.75, 3.05) is 39.3 Å². The van der Waals surface area contributed by atoms with Crippen LogP contribution < -0.4 is 16.8 Å². The van der Waals surface area contributed by atoms with Crippen molar-refractivity contribution in [3.63, 3.8) is 0 Å². The zero-order chi connectivity index (χ0) is 13.6. The Morgan fingerprint density at radius 1 is 1.17 bits per heavy atom. The van der Waals surface area contributed by atoms with Gasteiger partial charge in [-0.15, -0.1) is 4.91 Å². The van der Waals surface area contributed by atoms with Gasteiger partial charge in [-0.25, -0.2) is 0 Å². The van der Waals surface area contributed by atoms with Crippen molar-refractivity contribution in [1.29, 1.82) is 0 Å². The van der Waals surface area contributed by atoms with Crippen LogP contribution in [0.4, 0.5) is 0 Å². The Morgan fingerprint density at radius 3 is 2.44 bits per heavy atom. The Hall–Kier alpha value is -0.800. The Labute approximate surface area is 108 Å². The first kappa shape index (κ1) is 17.2. The number of hydrogen-bond acceptors (Lipinski definition) is 6. The molecule has 0 radical (unpaired) electrons. The summed E-state index contributed by atoms with van der Waals surface area (Å²) < 4.78 is 0. The first-order valence-corrected chi connectivity index (χ1v) is 6.53. The van der Waals surface area contributed by atoms with E-state index in [1.165, 1.54) is 5.01 Å². The van der Waals surface area contributed by atoms with Gasteiger partial charge in [-0.2, -0.15) is 5.01 Å². The highest BCUT2D eigenvalue weighted by Crippen LogP contribution is 2.00. The molecule has 0 fully saturated rings. The van der Waals surface area contributed by atoms with Crippen LogP contribution >= 0.6 is 0 Å². The fraction of sp³-hybridized carbons (Fsp3) is 1.00. The zero-order valence-corrected chi connectivity index (χ0v) is 11.1. The topological polar surface area (TPSA) is 122 Å². The van der Waals surface area contributed by atoms with E-state index in [0.29, 0.717) is 31.3 Å². The number of nitroso groups, excluding NO2 is 1. The lowest BCUT2D eigenvalue weighted by Crippen LogP contribution is -2.51. The minimum atomic E-state index is 0.367. The fourth-order valence-corrected chi connectivity index (χ4v) is 1.54. The predicted molar refractivity (Wildman–Crippen MR) is 69.1 cm³/mol. The molecular formula is C10H27N6O2+. The van der Waals surface area contributed by atoms with Gasteiger partial charge in [0, 0.05) is 26.1 Å². The molecule has 0 aromatic carbocycles. The standard InChI is InChI=1S/C10H26N6O2/c11-5-3-8-13-7-1-2-9-15(10-4-6-12)16(18)14-17/h13,18H,1-12H2/p+1. The molecule has 0 heterocycles. The van der Waals surface area contributed by atoms with E-state index in [2.05, 4.69) is 16.3 Å². The van der Waals surface area contributed by atoms with Crippen molar-refractivity contribution < 1.29 is 10.9 Å². The normalized spacial score (nSPS) is 10.9. The van der Waals surface area contributed by atoms with E-state index in [1.54, 1.807) is 0 Å². The van der Waals surface area contributed by atoms with E-state index in [4.69, 9.17) is 5.73 Å². The Balaban J connectivity index is 3.59. The van der Waals surface area contributed by atoms with Gasteiger partial charge < -0.3 is 16.8 Å². The Morgan fingerprint density at radius 2 is 1.83 bits per heavy atom. The number of nitrogens with one attached hydrogen (secondary N) is 1. The molecule has 0 saturated heterocycles. The number of nitrogens with two attached hydrogens (primary N) is 1. The predicted octanol–water partition coefficient (Wildman–Crippen LogP) is -1.07. The quantitative estimate of drug-likeness (QED) is 0.191. The largest absolute Gasteiger partial charge is 0.358 e. The van der Waals surface area contributed by atoms with Crippen LogP contribution in [0.1, 0.15) is 25.7 Å².